The van der Waals surface area contributed by atoms with Crippen LogP contribution in [0.4, 0.5) is 11.4 Å². The highest BCUT2D eigenvalue weighted by atomic mass is 35.5. The number of ether oxygens (including phenoxy) is 2. The first kappa shape index (κ1) is 30.1. The second-order valence-corrected chi connectivity index (χ2v) is 13.4. The van der Waals surface area contributed by atoms with Gasteiger partial charge in [-0.15, -0.1) is 0 Å². The summed E-state index contributed by atoms with van der Waals surface area (Å²) in [7, 11) is 3.04. The number of methoxy groups -OCH3 is 2. The van der Waals surface area contributed by atoms with Gasteiger partial charge >= 0.3 is 4.87 Å². The lowest BCUT2D eigenvalue weighted by Crippen LogP contribution is -2.33. The van der Waals surface area contributed by atoms with Crippen LogP contribution in [-0.4, -0.2) is 41.8 Å². The van der Waals surface area contributed by atoms with Crippen LogP contribution in [0.3, 0.4) is 0 Å². The molecular formula is C34H26ClN3O6S2. The van der Waals surface area contributed by atoms with Crippen molar-refractivity contribution in [3.05, 3.63) is 110 Å². The number of anilines is 2. The van der Waals surface area contributed by atoms with Gasteiger partial charge in [-0.3, -0.25) is 23.7 Å². The Morgan fingerprint density at radius 1 is 0.870 bits per heavy atom. The van der Waals surface area contributed by atoms with Crippen molar-refractivity contribution >= 4 is 74.6 Å². The Balaban J connectivity index is 1.28. The molecule has 9 nitrogen and oxygen atoms in total. The zero-order chi connectivity index (χ0) is 32.1. The van der Waals surface area contributed by atoms with E-state index in [1.807, 2.05) is 48.5 Å². The molecule has 3 amide bonds. The number of nitrogens with zero attached hydrogens (tertiary/aromatic N) is 2. The van der Waals surface area contributed by atoms with Crippen LogP contribution in [0.5, 0.6) is 11.5 Å². The molecule has 46 heavy (non-hydrogen) atoms. The molecule has 1 fully saturated rings. The Hall–Kier alpha value is -4.58. The second-order valence-electron chi connectivity index (χ2n) is 10.9. The highest BCUT2D eigenvalue weighted by molar-refractivity contribution is 8.00. The quantitative estimate of drug-likeness (QED) is 0.206. The molecular weight excluding hydrogens is 646 g/mol. The number of carbonyl (C=O) groups excluding carboxylic acids is 3. The Morgan fingerprint density at radius 3 is 2.35 bits per heavy atom. The molecule has 3 heterocycles. The maximum Gasteiger partial charge on any atom is 0.308 e. The lowest BCUT2D eigenvalue weighted by atomic mass is 9.83. The first-order chi connectivity index (χ1) is 22.3. The molecule has 0 aliphatic carbocycles. The Bertz CT molecular complexity index is 2090. The van der Waals surface area contributed by atoms with Crippen molar-refractivity contribution in [2.24, 2.45) is 5.92 Å². The average molecular weight is 672 g/mol. The topological polar surface area (TPSA) is 107 Å². The maximum atomic E-state index is 14.1. The third kappa shape index (κ3) is 5.14. The van der Waals surface area contributed by atoms with Crippen molar-refractivity contribution in [2.45, 2.75) is 22.7 Å². The minimum Gasteiger partial charge on any atom is -0.493 e. The third-order valence-corrected chi connectivity index (χ3v) is 11.1. The first-order valence-corrected chi connectivity index (χ1v) is 16.4. The van der Waals surface area contributed by atoms with Crippen LogP contribution in [-0.2, 0) is 20.9 Å². The summed E-state index contributed by atoms with van der Waals surface area (Å²) < 4.78 is 12.4. The van der Waals surface area contributed by atoms with E-state index in [-0.39, 0.29) is 23.2 Å². The fourth-order valence-corrected chi connectivity index (χ4v) is 9.02. The molecule has 7 rings (SSSR count). The SMILES string of the molecule is COc1ccc(C2c3sc(=O)n(CC(=O)Nc4ccc5ccccc5c4)c3SC3C(=O)N(c4ccc(Cl)cc4)C(=O)C32)cc1OC. The van der Waals surface area contributed by atoms with Crippen LogP contribution in [0.25, 0.3) is 10.8 Å². The number of benzene rings is 4. The van der Waals surface area contributed by atoms with E-state index in [1.54, 1.807) is 36.4 Å². The standard InChI is InChI=1S/C34H26ClN3O6S2/c1-43-24-14-8-20(16-25(24)44-2)27-28-29(32(41)38(31(28)40)23-12-9-21(35)10-13-23)45-33-30(27)46-34(42)37(33)17-26(39)36-22-11-7-18-5-3-4-6-19(18)15-22/h3-16,27-29H,17H2,1-2H3,(H,36,39). The van der Waals surface area contributed by atoms with Crippen LogP contribution in [0.15, 0.2) is 94.7 Å². The van der Waals surface area contributed by atoms with Gasteiger partial charge in [0.2, 0.25) is 17.7 Å². The number of thioether (sulfide) groups is 1. The summed E-state index contributed by atoms with van der Waals surface area (Å²) in [6, 6.07) is 25.3. The van der Waals surface area contributed by atoms with Gasteiger partial charge in [0.25, 0.3) is 0 Å². The number of hydrogen-bond acceptors (Lipinski definition) is 8. The van der Waals surface area contributed by atoms with E-state index in [0.29, 0.717) is 43.4 Å². The number of nitrogens with one attached hydrogen (secondary N) is 1. The molecule has 0 spiro atoms. The minimum absolute atomic E-state index is 0.260. The van der Waals surface area contributed by atoms with Gasteiger partial charge in [-0.25, -0.2) is 4.90 Å². The number of amides is 3. The molecule has 5 aromatic rings. The number of aromatic nitrogens is 1. The van der Waals surface area contributed by atoms with Crippen molar-refractivity contribution in [3.8, 4) is 11.5 Å². The number of imide groups is 1. The molecule has 3 unspecified atom stereocenters. The molecule has 1 saturated heterocycles. The number of carbonyl (C=O) groups is 3. The predicted octanol–water partition coefficient (Wildman–Crippen LogP) is 6.17. The lowest BCUT2D eigenvalue weighted by Gasteiger charge is -2.31. The van der Waals surface area contributed by atoms with Gasteiger partial charge in [0.05, 0.1) is 30.9 Å². The smallest absolute Gasteiger partial charge is 0.308 e. The van der Waals surface area contributed by atoms with Gasteiger partial charge in [-0.1, -0.05) is 71.1 Å². The fourth-order valence-electron chi connectivity index (χ4n) is 6.12. The monoisotopic (exact) mass is 671 g/mol. The molecule has 232 valence electrons. The van der Waals surface area contributed by atoms with Crippen LogP contribution in [0, 0.1) is 5.92 Å². The van der Waals surface area contributed by atoms with Gasteiger partial charge in [-0.2, -0.15) is 0 Å². The van der Waals surface area contributed by atoms with Crippen LogP contribution < -0.4 is 24.6 Å². The predicted molar refractivity (Wildman–Crippen MR) is 180 cm³/mol. The summed E-state index contributed by atoms with van der Waals surface area (Å²) in [6.45, 7) is -0.260. The Morgan fingerprint density at radius 2 is 1.61 bits per heavy atom. The minimum atomic E-state index is -0.836. The molecule has 0 bridgehead atoms. The Labute approximate surface area is 276 Å². The molecule has 0 radical (unpaired) electrons. The number of hydrogen-bond donors (Lipinski definition) is 1. The van der Waals surface area contributed by atoms with Gasteiger partial charge in [0, 0.05) is 21.5 Å². The molecule has 0 saturated carbocycles. The molecule has 1 aromatic heterocycles. The summed E-state index contributed by atoms with van der Waals surface area (Å²) >= 11 is 8.22. The van der Waals surface area contributed by atoms with Gasteiger partial charge in [0.15, 0.2) is 11.5 Å². The van der Waals surface area contributed by atoms with Crippen LogP contribution in [0.1, 0.15) is 16.4 Å². The third-order valence-electron chi connectivity index (χ3n) is 8.24. The molecule has 2 aliphatic heterocycles. The summed E-state index contributed by atoms with van der Waals surface area (Å²) in [5.41, 5.74) is 1.70. The van der Waals surface area contributed by atoms with Gasteiger partial charge in [0.1, 0.15) is 11.8 Å². The van der Waals surface area contributed by atoms with E-state index in [4.69, 9.17) is 21.1 Å². The molecule has 3 atom stereocenters. The van der Waals surface area contributed by atoms with Crippen LogP contribution >= 0.6 is 34.7 Å². The number of thiazole rings is 1. The highest BCUT2D eigenvalue weighted by Gasteiger charge is 2.57. The molecule has 4 aromatic carbocycles. The van der Waals surface area contributed by atoms with Gasteiger partial charge in [-0.05, 0) is 64.9 Å². The molecule has 1 N–H and O–H groups in total. The number of fused-ring (bicyclic) bond motifs is 3. The van der Waals surface area contributed by atoms with E-state index in [1.165, 1.54) is 23.7 Å². The first-order valence-electron chi connectivity index (χ1n) is 14.3. The van der Waals surface area contributed by atoms with Crippen molar-refractivity contribution in [3.63, 3.8) is 0 Å². The van der Waals surface area contributed by atoms with E-state index in [0.717, 1.165) is 33.9 Å². The normalized spacial score (nSPS) is 18.8. The summed E-state index contributed by atoms with van der Waals surface area (Å²) in [4.78, 5) is 56.4. The largest absolute Gasteiger partial charge is 0.493 e. The van der Waals surface area contributed by atoms with Crippen LogP contribution in [0.2, 0.25) is 5.02 Å². The van der Waals surface area contributed by atoms with Crippen molar-refractivity contribution in [1.82, 2.24) is 4.57 Å². The van der Waals surface area contributed by atoms with Gasteiger partial charge < -0.3 is 14.8 Å². The molecule has 2 aliphatic rings. The zero-order valence-electron chi connectivity index (χ0n) is 24.6. The summed E-state index contributed by atoms with van der Waals surface area (Å²) in [5, 5.41) is 5.04. The van der Waals surface area contributed by atoms with E-state index >= 15 is 0 Å². The van der Waals surface area contributed by atoms with Crippen molar-refractivity contribution in [2.75, 3.05) is 24.4 Å². The van der Waals surface area contributed by atoms with Crippen molar-refractivity contribution < 1.29 is 23.9 Å². The summed E-state index contributed by atoms with van der Waals surface area (Å²) in [6.07, 6.45) is 0. The summed E-state index contributed by atoms with van der Waals surface area (Å²) in [5.74, 6) is -1.68. The second kappa shape index (κ2) is 12.0. The zero-order valence-corrected chi connectivity index (χ0v) is 26.9. The Kier molecular flexibility index (Phi) is 7.83. The average Bonchev–Trinajstić information content (AvgIpc) is 3.50. The fraction of sp³-hybridized carbons (Fsp3) is 0.176. The van der Waals surface area contributed by atoms with E-state index in [2.05, 4.69) is 5.32 Å². The number of rotatable bonds is 7. The highest BCUT2D eigenvalue weighted by Crippen LogP contribution is 2.54. The maximum absolute atomic E-state index is 14.1. The van der Waals surface area contributed by atoms with E-state index < -0.39 is 23.0 Å². The molecule has 12 heteroatoms. The lowest BCUT2D eigenvalue weighted by molar-refractivity contribution is -0.122. The van der Waals surface area contributed by atoms with E-state index in [9.17, 15) is 19.2 Å². The van der Waals surface area contributed by atoms with Crippen molar-refractivity contribution in [1.29, 1.82) is 0 Å². The number of halogens is 1.